The maximum atomic E-state index is 9.06. The third-order valence-electron chi connectivity index (χ3n) is 4.55. The van der Waals surface area contributed by atoms with E-state index in [1.165, 1.54) is 39.4 Å². The minimum absolute atomic E-state index is 0.0241. The molecule has 9 heteroatoms. The van der Waals surface area contributed by atoms with E-state index in [4.69, 9.17) is 25.8 Å². The molecule has 2 atom stereocenters. The first-order valence-electron chi connectivity index (χ1n) is 10.3. The molecule has 0 aliphatic carbocycles. The number of nitrogens with two attached hydrogens (primary N) is 1. The minimum Gasteiger partial charge on any atom is -0.394 e. The van der Waals surface area contributed by atoms with E-state index < -0.39 is 5.79 Å². The number of nitrogen functional groups attached to an aromatic ring is 1. The number of rotatable bonds is 4. The molecule has 30 heavy (non-hydrogen) atoms. The average molecular weight is 447 g/mol. The van der Waals surface area contributed by atoms with Gasteiger partial charge in [-0.2, -0.15) is 5.10 Å². The van der Waals surface area contributed by atoms with E-state index in [0.29, 0.717) is 5.82 Å². The smallest absolute Gasteiger partial charge is 0.156 e. The van der Waals surface area contributed by atoms with Crippen LogP contribution >= 0.6 is 11.6 Å². The van der Waals surface area contributed by atoms with Crippen LogP contribution in [0, 0.1) is 5.92 Å². The summed E-state index contributed by atoms with van der Waals surface area (Å²) in [6, 6.07) is 3.84. The quantitative estimate of drug-likeness (QED) is 0.418. The van der Waals surface area contributed by atoms with Crippen LogP contribution in [0.25, 0.3) is 5.52 Å². The third kappa shape index (κ3) is 10.5. The fourth-order valence-electron chi connectivity index (χ4n) is 2.56. The Labute approximate surface area is 185 Å². The van der Waals surface area contributed by atoms with Crippen LogP contribution in [-0.2, 0) is 4.74 Å². The predicted molar refractivity (Wildman–Crippen MR) is 121 cm³/mol. The Balaban J connectivity index is 0.000000541. The second-order valence-corrected chi connectivity index (χ2v) is 7.62. The molecule has 5 N–H and O–H groups in total. The van der Waals surface area contributed by atoms with Crippen LogP contribution in [0.1, 0.15) is 72.1 Å². The lowest BCUT2D eigenvalue weighted by molar-refractivity contribution is -0.127. The number of nitrogens with zero attached hydrogens (tertiary/aromatic N) is 3. The largest absolute Gasteiger partial charge is 0.394 e. The third-order valence-corrected chi connectivity index (χ3v) is 4.55. The second-order valence-electron chi connectivity index (χ2n) is 7.62. The van der Waals surface area contributed by atoms with Crippen molar-refractivity contribution in [3.63, 3.8) is 0 Å². The van der Waals surface area contributed by atoms with Crippen LogP contribution in [0.2, 0.25) is 0 Å². The molecule has 0 spiro atoms. The van der Waals surface area contributed by atoms with Crippen molar-refractivity contribution in [3.05, 3.63) is 24.2 Å². The van der Waals surface area contributed by atoms with Gasteiger partial charge in [0, 0.05) is 6.38 Å². The Morgan fingerprint density at radius 3 is 2.23 bits per heavy atom. The molecule has 0 saturated carbocycles. The lowest BCUT2D eigenvalue weighted by atomic mass is 10.1. The first kappa shape index (κ1) is 28.5. The average Bonchev–Trinajstić information content (AvgIpc) is 3.35. The standard InChI is InChI=1S/C11H14N4O2.C6H14.C3H8O2.CH3Cl/c12-11-9-3-2-8(15(9)14-6-13-11)10-4-1-7(5-16)17-10;1-4-6(3)5-2;1-3(2,4)5;1-2/h2-3,6-7,10,16H,1,4-5H2,(H2,12,13,14);6H,4-5H2,1-3H3;4-5H,1-2H3;1H3. The highest BCUT2D eigenvalue weighted by atomic mass is 35.5. The van der Waals surface area contributed by atoms with Crippen molar-refractivity contribution in [2.24, 2.45) is 5.92 Å². The molecule has 0 amide bonds. The molecule has 1 aliphatic heterocycles. The SMILES string of the molecule is CC(C)(O)O.CCC(C)CC.CCl.Nc1ncnn2c(C3CCC(CO)O3)ccc12. The van der Waals surface area contributed by atoms with E-state index in [9.17, 15) is 0 Å². The van der Waals surface area contributed by atoms with E-state index >= 15 is 0 Å². The van der Waals surface area contributed by atoms with Crippen molar-refractivity contribution in [2.45, 2.75) is 78.3 Å². The molecule has 3 rings (SSSR count). The van der Waals surface area contributed by atoms with Gasteiger partial charge >= 0.3 is 0 Å². The normalized spacial score (nSPS) is 18.1. The van der Waals surface area contributed by atoms with Gasteiger partial charge in [-0.1, -0.05) is 33.6 Å². The first-order chi connectivity index (χ1) is 14.1. The second kappa shape index (κ2) is 14.5. The number of aromatic nitrogens is 3. The van der Waals surface area contributed by atoms with Crippen LogP contribution in [-0.4, -0.2) is 54.8 Å². The van der Waals surface area contributed by atoms with E-state index in [1.807, 2.05) is 12.1 Å². The van der Waals surface area contributed by atoms with Gasteiger partial charge in [0.15, 0.2) is 11.6 Å². The maximum absolute atomic E-state index is 9.06. The number of aliphatic hydroxyl groups excluding tert-OH is 1. The minimum atomic E-state index is -1.50. The summed E-state index contributed by atoms with van der Waals surface area (Å²) in [5.41, 5.74) is 7.52. The van der Waals surface area contributed by atoms with Crippen LogP contribution in [0.5, 0.6) is 0 Å². The van der Waals surface area contributed by atoms with E-state index in [1.54, 1.807) is 4.52 Å². The van der Waals surface area contributed by atoms with Crippen molar-refractivity contribution >= 4 is 22.9 Å². The van der Waals surface area contributed by atoms with Gasteiger partial charge in [-0.25, -0.2) is 9.50 Å². The Hall–Kier alpha value is -1.45. The summed E-state index contributed by atoms with van der Waals surface area (Å²) in [7, 11) is 0. The summed E-state index contributed by atoms with van der Waals surface area (Å²) in [4.78, 5) is 3.94. The van der Waals surface area contributed by atoms with Crippen LogP contribution < -0.4 is 5.73 Å². The molecular weight excluding hydrogens is 408 g/mol. The molecule has 0 bridgehead atoms. The molecule has 0 radical (unpaired) electrons. The number of fused-ring (bicyclic) bond motifs is 1. The zero-order valence-corrected chi connectivity index (χ0v) is 19.8. The lowest BCUT2D eigenvalue weighted by Crippen LogP contribution is -2.15. The summed E-state index contributed by atoms with van der Waals surface area (Å²) in [6.07, 6.45) is 7.24. The zero-order chi connectivity index (χ0) is 23.3. The fourth-order valence-corrected chi connectivity index (χ4v) is 2.56. The van der Waals surface area contributed by atoms with E-state index in [2.05, 4.69) is 42.5 Å². The Morgan fingerprint density at radius 1 is 1.23 bits per heavy atom. The van der Waals surface area contributed by atoms with Crippen molar-refractivity contribution in [2.75, 3.05) is 18.7 Å². The predicted octanol–water partition coefficient (Wildman–Crippen LogP) is 3.53. The van der Waals surface area contributed by atoms with Gasteiger partial charge in [0.1, 0.15) is 17.9 Å². The molecule has 174 valence electrons. The molecule has 0 aromatic carbocycles. The molecule has 1 aliphatic rings. The monoisotopic (exact) mass is 446 g/mol. The molecular formula is C21H39ClN4O4. The number of alkyl halides is 1. The number of halogens is 1. The molecule has 1 saturated heterocycles. The van der Waals surface area contributed by atoms with Crippen LogP contribution in [0.3, 0.4) is 0 Å². The number of anilines is 1. The highest BCUT2D eigenvalue weighted by molar-refractivity contribution is 6.15. The number of hydrogen-bond acceptors (Lipinski definition) is 7. The highest BCUT2D eigenvalue weighted by Crippen LogP contribution is 2.33. The first-order valence-corrected chi connectivity index (χ1v) is 11.0. The summed E-state index contributed by atoms with van der Waals surface area (Å²) in [6.45, 7) is 9.40. The van der Waals surface area contributed by atoms with Gasteiger partial charge in [0.05, 0.1) is 18.4 Å². The van der Waals surface area contributed by atoms with Crippen LogP contribution in [0.4, 0.5) is 5.82 Å². The zero-order valence-electron chi connectivity index (χ0n) is 19.0. The van der Waals surface area contributed by atoms with E-state index in [0.717, 1.165) is 30.0 Å². The summed E-state index contributed by atoms with van der Waals surface area (Å²) in [5.74, 6) is -0.104. The van der Waals surface area contributed by atoms with Gasteiger partial charge < -0.3 is 25.8 Å². The Morgan fingerprint density at radius 2 is 1.80 bits per heavy atom. The van der Waals surface area contributed by atoms with Gasteiger partial charge in [0.2, 0.25) is 0 Å². The van der Waals surface area contributed by atoms with Gasteiger partial charge in [-0.05, 0) is 44.7 Å². The van der Waals surface area contributed by atoms with Crippen molar-refractivity contribution in [3.8, 4) is 0 Å². The number of hydrogen-bond donors (Lipinski definition) is 4. The summed E-state index contributed by atoms with van der Waals surface area (Å²) < 4.78 is 7.49. The Kier molecular flexibility index (Phi) is 13.8. The molecule has 1 fully saturated rings. The van der Waals surface area contributed by atoms with Gasteiger partial charge in [0.25, 0.3) is 0 Å². The lowest BCUT2D eigenvalue weighted by Gasteiger charge is -2.11. The Bertz CT molecular complexity index is 696. The molecule has 2 aromatic heterocycles. The summed E-state index contributed by atoms with van der Waals surface area (Å²) in [5, 5.41) is 29.4. The van der Waals surface area contributed by atoms with Crippen molar-refractivity contribution in [1.29, 1.82) is 0 Å². The molecule has 3 heterocycles. The van der Waals surface area contributed by atoms with E-state index in [-0.39, 0.29) is 18.8 Å². The topological polar surface area (TPSA) is 126 Å². The fraction of sp³-hybridized carbons (Fsp3) is 0.714. The number of ether oxygens (including phenoxy) is 1. The molecule has 2 unspecified atom stereocenters. The van der Waals surface area contributed by atoms with Gasteiger partial charge in [-0.15, -0.1) is 11.6 Å². The van der Waals surface area contributed by atoms with Crippen molar-refractivity contribution in [1.82, 2.24) is 14.6 Å². The van der Waals surface area contributed by atoms with Crippen LogP contribution in [0.15, 0.2) is 18.5 Å². The summed E-state index contributed by atoms with van der Waals surface area (Å²) >= 11 is 4.64. The molecule has 2 aromatic rings. The highest BCUT2D eigenvalue weighted by Gasteiger charge is 2.28. The van der Waals surface area contributed by atoms with Gasteiger partial charge in [-0.3, -0.25) is 0 Å². The number of aliphatic hydroxyl groups is 3. The maximum Gasteiger partial charge on any atom is 0.156 e. The molecule has 8 nitrogen and oxygen atoms in total. The van der Waals surface area contributed by atoms with Crippen molar-refractivity contribution < 1.29 is 20.1 Å².